The van der Waals surface area contributed by atoms with Gasteiger partial charge in [-0.15, -0.1) is 0 Å². The average molecular weight is 277 g/mol. The summed E-state index contributed by atoms with van der Waals surface area (Å²) in [7, 11) is 1.44. The van der Waals surface area contributed by atoms with E-state index in [0.717, 1.165) is 4.57 Å². The fraction of sp³-hybridized carbons (Fsp3) is 0.385. The van der Waals surface area contributed by atoms with E-state index in [1.54, 1.807) is 0 Å². The van der Waals surface area contributed by atoms with Gasteiger partial charge >= 0.3 is 11.7 Å². The van der Waals surface area contributed by atoms with Gasteiger partial charge in [-0.1, -0.05) is 20.8 Å². The molecule has 0 unspecified atom stereocenters. The number of hydrogen-bond acceptors (Lipinski definition) is 4. The van der Waals surface area contributed by atoms with Gasteiger partial charge in [0, 0.05) is 18.2 Å². The highest BCUT2D eigenvalue weighted by Gasteiger charge is 2.23. The maximum Gasteiger partial charge on any atom is 0.336 e. The number of hydrogen-bond donors (Lipinski definition) is 2. The second kappa shape index (κ2) is 4.29. The van der Waals surface area contributed by atoms with Crippen LogP contribution in [-0.4, -0.2) is 25.6 Å². The van der Waals surface area contributed by atoms with Crippen molar-refractivity contribution in [3.8, 4) is 0 Å². The summed E-state index contributed by atoms with van der Waals surface area (Å²) < 4.78 is 1.14. The lowest BCUT2D eigenvalue weighted by Crippen LogP contribution is -2.31. The zero-order valence-corrected chi connectivity index (χ0v) is 11.6. The quantitative estimate of drug-likeness (QED) is 0.794. The summed E-state index contributed by atoms with van der Waals surface area (Å²) in [6, 6.07) is 1.38. The van der Waals surface area contributed by atoms with E-state index in [-0.39, 0.29) is 16.6 Å². The van der Waals surface area contributed by atoms with E-state index in [9.17, 15) is 19.5 Å². The van der Waals surface area contributed by atoms with Gasteiger partial charge in [0.05, 0.1) is 10.9 Å². The molecule has 7 heteroatoms. The molecule has 0 aromatic carbocycles. The maximum absolute atomic E-state index is 11.9. The molecule has 2 aromatic heterocycles. The molecule has 106 valence electrons. The summed E-state index contributed by atoms with van der Waals surface area (Å²) in [5.74, 6) is -1.23. The molecule has 0 aliphatic carbocycles. The summed E-state index contributed by atoms with van der Waals surface area (Å²) in [6.07, 6.45) is 0. The molecule has 2 rings (SSSR count). The second-order valence-electron chi connectivity index (χ2n) is 5.63. The highest BCUT2D eigenvalue weighted by molar-refractivity contribution is 6.01. The summed E-state index contributed by atoms with van der Waals surface area (Å²) >= 11 is 0. The first-order valence-corrected chi connectivity index (χ1v) is 6.00. The number of aromatic nitrogens is 3. The molecule has 0 spiro atoms. The average Bonchev–Trinajstić information content (AvgIpc) is 2.33. The van der Waals surface area contributed by atoms with Gasteiger partial charge in [-0.2, -0.15) is 0 Å². The van der Waals surface area contributed by atoms with Crippen molar-refractivity contribution in [3.63, 3.8) is 0 Å². The number of carboxylic acid groups (broad SMARTS) is 1. The largest absolute Gasteiger partial charge is 0.478 e. The zero-order chi connectivity index (χ0) is 15.2. The highest BCUT2D eigenvalue weighted by atomic mass is 16.4. The molecular weight excluding hydrogens is 262 g/mol. The molecule has 2 aromatic rings. The van der Waals surface area contributed by atoms with Gasteiger partial charge in [-0.25, -0.2) is 14.6 Å². The normalized spacial score (nSPS) is 11.8. The Labute approximate surface area is 113 Å². The third-order valence-corrected chi connectivity index (χ3v) is 3.07. The van der Waals surface area contributed by atoms with Gasteiger partial charge in [-0.05, 0) is 6.07 Å². The first-order chi connectivity index (χ1) is 9.12. The van der Waals surface area contributed by atoms with Crippen LogP contribution < -0.4 is 11.2 Å². The first kappa shape index (κ1) is 14.0. The molecule has 0 amide bonds. The number of aromatic carboxylic acids is 1. The smallest absolute Gasteiger partial charge is 0.336 e. The number of carbonyl (C=O) groups is 1. The Bertz CT molecular complexity index is 824. The number of aryl methyl sites for hydroxylation is 1. The lowest BCUT2D eigenvalue weighted by Gasteiger charge is -2.19. The number of nitrogens with one attached hydrogen (secondary N) is 1. The van der Waals surface area contributed by atoms with Gasteiger partial charge in [-0.3, -0.25) is 14.3 Å². The Kier molecular flexibility index (Phi) is 3.00. The lowest BCUT2D eigenvalue weighted by molar-refractivity contribution is 0.0698. The minimum atomic E-state index is -1.23. The zero-order valence-electron chi connectivity index (χ0n) is 11.6. The minimum Gasteiger partial charge on any atom is -0.478 e. The van der Waals surface area contributed by atoms with Crippen molar-refractivity contribution in [1.29, 1.82) is 0 Å². The fourth-order valence-corrected chi connectivity index (χ4v) is 1.89. The van der Waals surface area contributed by atoms with Gasteiger partial charge < -0.3 is 5.11 Å². The van der Waals surface area contributed by atoms with Crippen LogP contribution in [0.1, 0.15) is 36.8 Å². The molecule has 0 aliphatic rings. The third-order valence-electron chi connectivity index (χ3n) is 3.07. The van der Waals surface area contributed by atoms with Crippen molar-refractivity contribution in [1.82, 2.24) is 14.5 Å². The molecule has 0 saturated carbocycles. The minimum absolute atomic E-state index is 0.0728. The summed E-state index contributed by atoms with van der Waals surface area (Å²) in [5, 5.41) is 9.20. The monoisotopic (exact) mass is 277 g/mol. The number of rotatable bonds is 1. The number of pyridine rings is 1. The van der Waals surface area contributed by atoms with E-state index in [0.29, 0.717) is 5.69 Å². The summed E-state index contributed by atoms with van der Waals surface area (Å²) in [6.45, 7) is 5.62. The van der Waals surface area contributed by atoms with Crippen molar-refractivity contribution in [3.05, 3.63) is 38.2 Å². The van der Waals surface area contributed by atoms with Crippen LogP contribution in [0.5, 0.6) is 0 Å². The van der Waals surface area contributed by atoms with E-state index in [1.165, 1.54) is 13.1 Å². The number of fused-ring (bicyclic) bond motifs is 1. The van der Waals surface area contributed by atoms with Crippen molar-refractivity contribution in [2.45, 2.75) is 26.2 Å². The molecule has 0 saturated heterocycles. The molecule has 0 radical (unpaired) electrons. The molecule has 7 nitrogen and oxygen atoms in total. The summed E-state index contributed by atoms with van der Waals surface area (Å²) in [5.41, 5.74) is -1.36. The van der Waals surface area contributed by atoms with Crippen LogP contribution in [0.25, 0.3) is 11.0 Å². The van der Waals surface area contributed by atoms with Crippen LogP contribution in [0.15, 0.2) is 15.7 Å². The number of carboxylic acids is 1. The van der Waals surface area contributed by atoms with Crippen molar-refractivity contribution >= 4 is 17.0 Å². The van der Waals surface area contributed by atoms with Gasteiger partial charge in [0.15, 0.2) is 0 Å². The molecular formula is C13H15N3O4. The van der Waals surface area contributed by atoms with Crippen LogP contribution in [0.3, 0.4) is 0 Å². The fourth-order valence-electron chi connectivity index (χ4n) is 1.89. The molecule has 0 atom stereocenters. The first-order valence-electron chi connectivity index (χ1n) is 6.00. The molecule has 0 aliphatic heterocycles. The van der Waals surface area contributed by atoms with E-state index < -0.39 is 22.6 Å². The predicted octanol–water partition coefficient (Wildman–Crippen LogP) is 0.617. The number of nitrogens with zero attached hydrogens (tertiary/aromatic N) is 2. The van der Waals surface area contributed by atoms with E-state index in [4.69, 9.17) is 0 Å². The van der Waals surface area contributed by atoms with Crippen LogP contribution in [0.2, 0.25) is 0 Å². The lowest BCUT2D eigenvalue weighted by atomic mass is 9.90. The number of aromatic amines is 1. The second-order valence-corrected chi connectivity index (χ2v) is 5.63. The molecule has 0 bridgehead atoms. The van der Waals surface area contributed by atoms with E-state index in [2.05, 4.69) is 9.97 Å². The van der Waals surface area contributed by atoms with Gasteiger partial charge in [0.1, 0.15) is 5.65 Å². The standard InChI is InChI=1S/C13H15N3O4/c1-13(2,3)7-5-6(11(18)19)8-9(14-7)16(4)12(20)15-10(8)17/h5H,1-4H3,(H,18,19)(H,15,17,20). The molecule has 2 N–H and O–H groups in total. The van der Waals surface area contributed by atoms with Crippen LogP contribution in [-0.2, 0) is 12.5 Å². The third kappa shape index (κ3) is 2.11. The Morgan fingerprint density at radius 1 is 1.35 bits per heavy atom. The molecule has 0 fully saturated rings. The maximum atomic E-state index is 11.9. The van der Waals surface area contributed by atoms with Crippen molar-refractivity contribution < 1.29 is 9.90 Å². The van der Waals surface area contributed by atoms with Crippen LogP contribution in [0, 0.1) is 0 Å². The topological polar surface area (TPSA) is 105 Å². The predicted molar refractivity (Wildman–Crippen MR) is 73.3 cm³/mol. The Morgan fingerprint density at radius 2 is 1.95 bits per heavy atom. The Morgan fingerprint density at radius 3 is 2.45 bits per heavy atom. The number of H-pyrrole nitrogens is 1. The molecule has 2 heterocycles. The molecule has 20 heavy (non-hydrogen) atoms. The SMILES string of the molecule is Cn1c(=O)[nH]c(=O)c2c(C(=O)O)cc(C(C)(C)C)nc21. The Balaban J connectivity index is 3.09. The van der Waals surface area contributed by atoms with Crippen molar-refractivity contribution in [2.75, 3.05) is 0 Å². The van der Waals surface area contributed by atoms with Crippen LogP contribution in [0.4, 0.5) is 0 Å². The Hall–Kier alpha value is -2.44. The van der Waals surface area contributed by atoms with Crippen molar-refractivity contribution in [2.24, 2.45) is 7.05 Å². The van der Waals surface area contributed by atoms with Gasteiger partial charge in [0.25, 0.3) is 5.56 Å². The van der Waals surface area contributed by atoms with E-state index in [1.807, 2.05) is 20.8 Å². The summed E-state index contributed by atoms with van der Waals surface area (Å²) in [4.78, 5) is 41.2. The van der Waals surface area contributed by atoms with Gasteiger partial charge in [0.2, 0.25) is 0 Å². The highest BCUT2D eigenvalue weighted by Crippen LogP contribution is 2.24. The van der Waals surface area contributed by atoms with Crippen LogP contribution >= 0.6 is 0 Å². The van der Waals surface area contributed by atoms with E-state index >= 15 is 0 Å².